The Morgan fingerprint density at radius 2 is 1.78 bits per heavy atom. The Labute approximate surface area is 136 Å². The molecule has 1 aromatic carbocycles. The third-order valence-corrected chi connectivity index (χ3v) is 3.76. The second kappa shape index (κ2) is 8.08. The summed E-state index contributed by atoms with van der Waals surface area (Å²) in [5.41, 5.74) is 4.18. The largest absolute Gasteiger partial charge is 0.347 e. The number of hydrogen-bond donors (Lipinski definition) is 2. The van der Waals surface area contributed by atoms with Crippen LogP contribution in [0.1, 0.15) is 22.4 Å². The molecule has 23 heavy (non-hydrogen) atoms. The zero-order valence-corrected chi connectivity index (χ0v) is 13.4. The van der Waals surface area contributed by atoms with E-state index in [1.807, 2.05) is 50.2 Å². The van der Waals surface area contributed by atoms with Crippen LogP contribution in [0.3, 0.4) is 0 Å². The standard InChI is InChI=1S/C18H21N3O2/c1-13-6-5-7-15(14(13)2)12-21-18(23)17(22)20-11-9-16-8-3-4-10-19-16/h3-8,10H,9,11-12H2,1-2H3,(H,20,22)(H,21,23). The second-order valence-corrected chi connectivity index (χ2v) is 5.37. The van der Waals surface area contributed by atoms with Gasteiger partial charge in [-0.25, -0.2) is 0 Å². The van der Waals surface area contributed by atoms with Crippen molar-refractivity contribution in [3.05, 3.63) is 65.0 Å². The van der Waals surface area contributed by atoms with E-state index in [9.17, 15) is 9.59 Å². The van der Waals surface area contributed by atoms with Gasteiger partial charge in [0.05, 0.1) is 0 Å². The van der Waals surface area contributed by atoms with Gasteiger partial charge in [-0.3, -0.25) is 14.6 Å². The normalized spacial score (nSPS) is 10.2. The number of carbonyl (C=O) groups is 2. The first-order valence-corrected chi connectivity index (χ1v) is 7.59. The highest BCUT2D eigenvalue weighted by Gasteiger charge is 2.13. The molecule has 2 rings (SSSR count). The first-order valence-electron chi connectivity index (χ1n) is 7.59. The minimum absolute atomic E-state index is 0.347. The summed E-state index contributed by atoms with van der Waals surface area (Å²) in [4.78, 5) is 27.7. The van der Waals surface area contributed by atoms with Crippen molar-refractivity contribution in [3.63, 3.8) is 0 Å². The van der Waals surface area contributed by atoms with Crippen molar-refractivity contribution in [2.45, 2.75) is 26.8 Å². The Bertz CT molecular complexity index is 684. The zero-order chi connectivity index (χ0) is 16.7. The van der Waals surface area contributed by atoms with Crippen LogP contribution in [-0.4, -0.2) is 23.3 Å². The SMILES string of the molecule is Cc1cccc(CNC(=O)C(=O)NCCc2ccccn2)c1C. The Hall–Kier alpha value is -2.69. The van der Waals surface area contributed by atoms with Crippen molar-refractivity contribution in [2.24, 2.45) is 0 Å². The summed E-state index contributed by atoms with van der Waals surface area (Å²) in [5.74, 6) is -1.24. The van der Waals surface area contributed by atoms with E-state index < -0.39 is 11.8 Å². The van der Waals surface area contributed by atoms with Gasteiger partial charge in [-0.2, -0.15) is 0 Å². The van der Waals surface area contributed by atoms with Gasteiger partial charge in [0.1, 0.15) is 0 Å². The summed E-state index contributed by atoms with van der Waals surface area (Å²) in [7, 11) is 0. The van der Waals surface area contributed by atoms with Crippen LogP contribution in [0.5, 0.6) is 0 Å². The molecule has 1 aromatic heterocycles. The molecular weight excluding hydrogens is 290 g/mol. The third-order valence-electron chi connectivity index (χ3n) is 3.76. The number of nitrogens with one attached hydrogen (secondary N) is 2. The first kappa shape index (κ1) is 16.7. The second-order valence-electron chi connectivity index (χ2n) is 5.37. The Kier molecular flexibility index (Phi) is 5.86. The van der Waals surface area contributed by atoms with Crippen LogP contribution >= 0.6 is 0 Å². The third kappa shape index (κ3) is 4.92. The zero-order valence-electron chi connectivity index (χ0n) is 13.4. The van der Waals surface area contributed by atoms with Crippen molar-refractivity contribution in [2.75, 3.05) is 6.54 Å². The lowest BCUT2D eigenvalue weighted by Gasteiger charge is -2.10. The Balaban J connectivity index is 1.77. The summed E-state index contributed by atoms with van der Waals surface area (Å²) in [6.45, 7) is 4.75. The predicted molar refractivity (Wildman–Crippen MR) is 88.7 cm³/mol. The molecule has 0 atom stereocenters. The van der Waals surface area contributed by atoms with Gasteiger partial charge < -0.3 is 10.6 Å². The van der Waals surface area contributed by atoms with E-state index in [0.717, 1.165) is 22.4 Å². The fourth-order valence-electron chi connectivity index (χ4n) is 2.19. The molecule has 0 radical (unpaired) electrons. The van der Waals surface area contributed by atoms with Gasteiger partial charge in [-0.15, -0.1) is 0 Å². The van der Waals surface area contributed by atoms with Crippen molar-refractivity contribution in [3.8, 4) is 0 Å². The van der Waals surface area contributed by atoms with Crippen LogP contribution in [-0.2, 0) is 22.6 Å². The molecule has 120 valence electrons. The molecule has 0 aliphatic heterocycles. The first-order chi connectivity index (χ1) is 11.1. The maximum Gasteiger partial charge on any atom is 0.309 e. The fourth-order valence-corrected chi connectivity index (χ4v) is 2.19. The van der Waals surface area contributed by atoms with E-state index >= 15 is 0 Å². The predicted octanol–water partition coefficient (Wildman–Crippen LogP) is 1.67. The van der Waals surface area contributed by atoms with E-state index in [-0.39, 0.29) is 0 Å². The van der Waals surface area contributed by atoms with Gasteiger partial charge in [-0.1, -0.05) is 24.3 Å². The molecule has 2 N–H and O–H groups in total. The molecule has 0 aliphatic rings. The number of carbonyl (C=O) groups excluding carboxylic acids is 2. The maximum absolute atomic E-state index is 11.8. The topological polar surface area (TPSA) is 71.1 Å². The van der Waals surface area contributed by atoms with Crippen molar-refractivity contribution in [1.82, 2.24) is 15.6 Å². The van der Waals surface area contributed by atoms with Crippen LogP contribution in [0.25, 0.3) is 0 Å². The number of benzene rings is 1. The average molecular weight is 311 g/mol. The van der Waals surface area contributed by atoms with Crippen LogP contribution < -0.4 is 10.6 Å². The van der Waals surface area contributed by atoms with E-state index in [2.05, 4.69) is 15.6 Å². The van der Waals surface area contributed by atoms with E-state index in [1.54, 1.807) is 6.20 Å². The highest BCUT2D eigenvalue weighted by atomic mass is 16.2. The van der Waals surface area contributed by atoms with Gasteiger partial charge in [0.2, 0.25) is 0 Å². The summed E-state index contributed by atoms with van der Waals surface area (Å²) in [6, 6.07) is 11.5. The fraction of sp³-hybridized carbons (Fsp3) is 0.278. The molecule has 5 nitrogen and oxygen atoms in total. The number of amides is 2. The molecule has 0 unspecified atom stereocenters. The van der Waals surface area contributed by atoms with Crippen LogP contribution in [0, 0.1) is 13.8 Å². The molecule has 2 aromatic rings. The summed E-state index contributed by atoms with van der Waals surface area (Å²) >= 11 is 0. The molecule has 0 saturated carbocycles. The number of nitrogens with zero attached hydrogens (tertiary/aromatic N) is 1. The highest BCUT2D eigenvalue weighted by Crippen LogP contribution is 2.12. The summed E-state index contributed by atoms with van der Waals surface area (Å²) < 4.78 is 0. The van der Waals surface area contributed by atoms with Gasteiger partial charge in [0, 0.05) is 31.4 Å². The number of aryl methyl sites for hydroxylation is 1. The van der Waals surface area contributed by atoms with Gasteiger partial charge in [0.25, 0.3) is 0 Å². The highest BCUT2D eigenvalue weighted by molar-refractivity contribution is 6.35. The van der Waals surface area contributed by atoms with Crippen LogP contribution in [0.15, 0.2) is 42.6 Å². The number of rotatable bonds is 5. The molecule has 0 aliphatic carbocycles. The maximum atomic E-state index is 11.8. The Morgan fingerprint density at radius 3 is 2.52 bits per heavy atom. The summed E-state index contributed by atoms with van der Waals surface area (Å²) in [6.07, 6.45) is 2.30. The number of pyridine rings is 1. The lowest BCUT2D eigenvalue weighted by Crippen LogP contribution is -2.40. The molecule has 2 amide bonds. The Morgan fingerprint density at radius 1 is 1.00 bits per heavy atom. The molecule has 0 bridgehead atoms. The smallest absolute Gasteiger partial charge is 0.309 e. The average Bonchev–Trinajstić information content (AvgIpc) is 2.56. The number of hydrogen-bond acceptors (Lipinski definition) is 3. The quantitative estimate of drug-likeness (QED) is 0.825. The monoisotopic (exact) mass is 311 g/mol. The number of aromatic nitrogens is 1. The van der Waals surface area contributed by atoms with Crippen molar-refractivity contribution >= 4 is 11.8 Å². The van der Waals surface area contributed by atoms with Crippen molar-refractivity contribution in [1.29, 1.82) is 0 Å². The van der Waals surface area contributed by atoms with Crippen molar-refractivity contribution < 1.29 is 9.59 Å². The van der Waals surface area contributed by atoms with Gasteiger partial charge >= 0.3 is 11.8 Å². The molecular formula is C18H21N3O2. The molecule has 5 heteroatoms. The van der Waals surface area contributed by atoms with E-state index in [1.165, 1.54) is 0 Å². The van der Waals surface area contributed by atoms with E-state index in [0.29, 0.717) is 19.5 Å². The van der Waals surface area contributed by atoms with Crippen LogP contribution in [0.4, 0.5) is 0 Å². The van der Waals surface area contributed by atoms with E-state index in [4.69, 9.17) is 0 Å². The van der Waals surface area contributed by atoms with Gasteiger partial charge in [0.15, 0.2) is 0 Å². The lowest BCUT2D eigenvalue weighted by molar-refractivity contribution is -0.139. The van der Waals surface area contributed by atoms with Gasteiger partial charge in [-0.05, 0) is 42.7 Å². The lowest BCUT2D eigenvalue weighted by atomic mass is 10.0. The molecule has 0 saturated heterocycles. The molecule has 0 fully saturated rings. The van der Waals surface area contributed by atoms with Crippen LogP contribution in [0.2, 0.25) is 0 Å². The molecule has 1 heterocycles. The minimum atomic E-state index is -0.619. The summed E-state index contributed by atoms with van der Waals surface area (Å²) in [5, 5.41) is 5.25. The minimum Gasteiger partial charge on any atom is -0.347 e. The molecule has 0 spiro atoms.